The van der Waals surface area contributed by atoms with Gasteiger partial charge in [-0.2, -0.15) is 5.10 Å². The van der Waals surface area contributed by atoms with Crippen LogP contribution in [-0.2, 0) is 13.1 Å². The third kappa shape index (κ3) is 4.24. The average Bonchev–Trinajstić information content (AvgIpc) is 3.31. The Morgan fingerprint density at radius 3 is 2.28 bits per heavy atom. The van der Waals surface area contributed by atoms with Crippen molar-refractivity contribution >= 4 is 33.9 Å². The fraction of sp³-hybridized carbons (Fsp3) is 0.250. The number of pyridine rings is 2. The van der Waals surface area contributed by atoms with Crippen molar-refractivity contribution in [3.05, 3.63) is 67.9 Å². The van der Waals surface area contributed by atoms with Crippen molar-refractivity contribution in [2.75, 3.05) is 6.79 Å². The second-order valence-corrected chi connectivity index (χ2v) is 7.81. The summed E-state index contributed by atoms with van der Waals surface area (Å²) in [4.78, 5) is 50.3. The molecule has 186 valence electrons. The highest BCUT2D eigenvalue weighted by Gasteiger charge is 2.21. The van der Waals surface area contributed by atoms with Crippen LogP contribution in [0.4, 0.5) is 0 Å². The number of nitrogens with zero attached hydrogens (tertiary/aromatic N) is 4. The molecule has 0 radical (unpaired) electrons. The van der Waals surface area contributed by atoms with Crippen molar-refractivity contribution in [3.8, 4) is 11.5 Å². The molecule has 1 aliphatic heterocycles. The van der Waals surface area contributed by atoms with Gasteiger partial charge in [-0.1, -0.05) is 0 Å². The number of hydrogen-bond acceptors (Lipinski definition) is 8. The third-order valence-electron chi connectivity index (χ3n) is 5.58. The maximum Gasteiger partial charge on any atom is 0.360 e. The van der Waals surface area contributed by atoms with E-state index < -0.39 is 28.5 Å². The van der Waals surface area contributed by atoms with Crippen LogP contribution in [0.5, 0.6) is 11.5 Å². The number of aryl methyl sites for hydroxylation is 3. The van der Waals surface area contributed by atoms with Crippen LogP contribution in [-0.4, -0.2) is 48.3 Å². The van der Waals surface area contributed by atoms with Crippen molar-refractivity contribution < 1.29 is 29.3 Å². The molecule has 0 atom stereocenters. The Labute approximate surface area is 202 Å². The van der Waals surface area contributed by atoms with E-state index in [1.165, 1.54) is 16.9 Å². The first kappa shape index (κ1) is 24.4. The molecule has 12 heteroatoms. The molecule has 3 aromatic heterocycles. The highest BCUT2D eigenvalue weighted by Crippen LogP contribution is 2.34. The fourth-order valence-electron chi connectivity index (χ4n) is 3.81. The largest absolute Gasteiger partial charge is 0.477 e. The van der Waals surface area contributed by atoms with E-state index in [0.29, 0.717) is 41.1 Å². The molecule has 0 saturated carbocycles. The Hall–Kier alpha value is -4.74. The van der Waals surface area contributed by atoms with Crippen LogP contribution in [0.1, 0.15) is 40.4 Å². The van der Waals surface area contributed by atoms with Crippen molar-refractivity contribution in [1.82, 2.24) is 19.3 Å². The quantitative estimate of drug-likeness (QED) is 0.430. The van der Waals surface area contributed by atoms with E-state index in [-0.39, 0.29) is 17.7 Å². The van der Waals surface area contributed by atoms with E-state index in [2.05, 4.69) is 10.1 Å². The number of benzene rings is 1. The minimum Gasteiger partial charge on any atom is -0.477 e. The molecular weight excluding hydrogens is 472 g/mol. The molecule has 36 heavy (non-hydrogen) atoms. The van der Waals surface area contributed by atoms with Gasteiger partial charge in [0.25, 0.3) is 0 Å². The van der Waals surface area contributed by atoms with E-state index >= 15 is 0 Å². The van der Waals surface area contributed by atoms with E-state index in [4.69, 9.17) is 19.7 Å². The topological polar surface area (TPSA) is 163 Å². The molecule has 4 heterocycles. The predicted molar refractivity (Wildman–Crippen MR) is 128 cm³/mol. The van der Waals surface area contributed by atoms with Crippen LogP contribution in [0.2, 0.25) is 0 Å². The number of hydrogen-bond donors (Lipinski definition) is 2. The molecule has 0 saturated heterocycles. The Morgan fingerprint density at radius 1 is 0.972 bits per heavy atom. The smallest absolute Gasteiger partial charge is 0.360 e. The summed E-state index contributed by atoms with van der Waals surface area (Å²) >= 11 is 0. The molecule has 0 spiro atoms. The SMILES string of the molecule is CCn1cc(C(=O)O)c(=O)c2ccc(C)nc21.CCn1nc(C(=O)O)c(=O)c2cc3c(cc21)OCO3. The highest BCUT2D eigenvalue weighted by atomic mass is 16.7. The van der Waals surface area contributed by atoms with E-state index in [1.54, 1.807) is 22.8 Å². The molecular formula is C24H22N4O8. The summed E-state index contributed by atoms with van der Waals surface area (Å²) in [6.45, 7) is 6.61. The maximum atomic E-state index is 12.1. The van der Waals surface area contributed by atoms with Gasteiger partial charge in [-0.15, -0.1) is 0 Å². The van der Waals surface area contributed by atoms with Gasteiger partial charge in [0, 0.05) is 31.0 Å². The normalized spacial score (nSPS) is 11.9. The molecule has 1 aliphatic rings. The monoisotopic (exact) mass is 494 g/mol. The number of carbonyl (C=O) groups is 2. The predicted octanol–water partition coefficient (Wildman–Crippen LogP) is 2.27. The van der Waals surface area contributed by atoms with Crippen LogP contribution in [0, 0.1) is 6.92 Å². The van der Waals surface area contributed by atoms with E-state index in [9.17, 15) is 19.2 Å². The zero-order chi connectivity index (χ0) is 26.1. The Morgan fingerprint density at radius 2 is 1.67 bits per heavy atom. The number of carboxylic acids is 2. The van der Waals surface area contributed by atoms with Gasteiger partial charge in [-0.05, 0) is 39.0 Å². The number of aromatic nitrogens is 4. The number of carboxylic acid groups (broad SMARTS) is 2. The molecule has 0 fully saturated rings. The lowest BCUT2D eigenvalue weighted by atomic mass is 10.1. The Balaban J connectivity index is 0.000000170. The lowest BCUT2D eigenvalue weighted by molar-refractivity contribution is 0.0679. The van der Waals surface area contributed by atoms with Crippen molar-refractivity contribution in [2.45, 2.75) is 33.9 Å². The Kier molecular flexibility index (Phi) is 6.43. The number of aromatic carboxylic acids is 2. The molecule has 2 N–H and O–H groups in total. The second-order valence-electron chi connectivity index (χ2n) is 7.81. The van der Waals surface area contributed by atoms with E-state index in [1.807, 2.05) is 20.8 Å². The van der Waals surface area contributed by atoms with Gasteiger partial charge in [0.2, 0.25) is 23.3 Å². The van der Waals surface area contributed by atoms with Crippen molar-refractivity contribution in [3.63, 3.8) is 0 Å². The summed E-state index contributed by atoms with van der Waals surface area (Å²) in [5.74, 6) is -1.58. The molecule has 12 nitrogen and oxygen atoms in total. The lowest BCUT2D eigenvalue weighted by Gasteiger charge is -2.09. The molecule has 0 unspecified atom stereocenters. The molecule has 0 aliphatic carbocycles. The van der Waals surface area contributed by atoms with Crippen LogP contribution < -0.4 is 20.3 Å². The summed E-state index contributed by atoms with van der Waals surface area (Å²) in [5, 5.41) is 22.4. The van der Waals surface area contributed by atoms with Crippen molar-refractivity contribution in [1.29, 1.82) is 0 Å². The molecule has 1 aromatic carbocycles. The van der Waals surface area contributed by atoms with Gasteiger partial charge in [0.1, 0.15) is 11.2 Å². The summed E-state index contributed by atoms with van der Waals surface area (Å²) in [6, 6.07) is 6.47. The summed E-state index contributed by atoms with van der Waals surface area (Å²) < 4.78 is 13.6. The maximum absolute atomic E-state index is 12.1. The van der Waals surface area contributed by atoms with Gasteiger partial charge < -0.3 is 24.3 Å². The second kappa shape index (κ2) is 9.49. The number of fused-ring (bicyclic) bond motifs is 3. The van der Waals surface area contributed by atoms with Crippen LogP contribution in [0.3, 0.4) is 0 Å². The summed E-state index contributed by atoms with van der Waals surface area (Å²) in [7, 11) is 0. The molecule has 5 rings (SSSR count). The number of rotatable bonds is 4. The van der Waals surface area contributed by atoms with Gasteiger partial charge in [-0.25, -0.2) is 14.6 Å². The fourth-order valence-corrected chi connectivity index (χ4v) is 3.81. The first-order valence-corrected chi connectivity index (χ1v) is 11.0. The first-order chi connectivity index (χ1) is 17.2. The third-order valence-corrected chi connectivity index (χ3v) is 5.58. The number of ether oxygens (including phenoxy) is 2. The van der Waals surface area contributed by atoms with Gasteiger partial charge in [-0.3, -0.25) is 14.3 Å². The van der Waals surface area contributed by atoms with E-state index in [0.717, 1.165) is 5.69 Å². The van der Waals surface area contributed by atoms with Crippen LogP contribution in [0.15, 0.2) is 40.1 Å². The van der Waals surface area contributed by atoms with Gasteiger partial charge in [0.05, 0.1) is 16.3 Å². The standard InChI is InChI=1S/C12H10N2O5.C12H12N2O3/c1-2-14-7-4-9-8(18-5-19-9)3-6(7)11(15)10(13-14)12(16)17;1-3-14-6-9(12(16)17)10(15)8-5-4-7(2)13-11(8)14/h3-4H,2,5H2,1H3,(H,16,17);4-6H,3H2,1-2H3,(H,16,17). The van der Waals surface area contributed by atoms with Crippen LogP contribution >= 0.6 is 0 Å². The summed E-state index contributed by atoms with van der Waals surface area (Å²) in [5.41, 5.74) is 0.0415. The average molecular weight is 494 g/mol. The first-order valence-electron chi connectivity index (χ1n) is 11.0. The molecule has 0 amide bonds. The zero-order valence-electron chi connectivity index (χ0n) is 19.6. The minimum absolute atomic E-state index is 0.0885. The van der Waals surface area contributed by atoms with Gasteiger partial charge >= 0.3 is 11.9 Å². The molecule has 4 aromatic rings. The zero-order valence-corrected chi connectivity index (χ0v) is 19.6. The summed E-state index contributed by atoms with van der Waals surface area (Å²) in [6.07, 6.45) is 1.35. The highest BCUT2D eigenvalue weighted by molar-refractivity contribution is 5.92. The minimum atomic E-state index is -1.34. The van der Waals surface area contributed by atoms with Crippen LogP contribution in [0.25, 0.3) is 21.9 Å². The van der Waals surface area contributed by atoms with Gasteiger partial charge in [0.15, 0.2) is 11.5 Å². The lowest BCUT2D eigenvalue weighted by Crippen LogP contribution is -2.22. The Bertz CT molecular complexity index is 1650. The van der Waals surface area contributed by atoms with Crippen molar-refractivity contribution in [2.24, 2.45) is 0 Å². The molecule has 0 bridgehead atoms.